The number of rotatable bonds is 5. The number of hydrogen-bond donors (Lipinski definition) is 2. The lowest BCUT2D eigenvalue weighted by Crippen LogP contribution is -2.35. The summed E-state index contributed by atoms with van der Waals surface area (Å²) in [4.78, 5) is 44.4. The molecule has 2 amide bonds. The van der Waals surface area contributed by atoms with Crippen molar-refractivity contribution < 1.29 is 19.5 Å². The van der Waals surface area contributed by atoms with Crippen LogP contribution in [0.3, 0.4) is 0 Å². The van der Waals surface area contributed by atoms with Crippen LogP contribution in [0, 0.1) is 0 Å². The first-order valence-electron chi connectivity index (χ1n) is 8.29. The predicted octanol–water partition coefficient (Wildman–Crippen LogP) is 2.12. The molecule has 2 N–H and O–H groups in total. The summed E-state index contributed by atoms with van der Waals surface area (Å²) in [6.45, 7) is 2.69. The molecule has 2 heterocycles. The SMILES string of the molecule is CCCN1C(=O)CCc2cc(NC(=O)c3cnc(C(=O)O)cn3)ccc21. The zero-order valence-corrected chi connectivity index (χ0v) is 14.2. The van der Waals surface area contributed by atoms with Gasteiger partial charge in [0.05, 0.1) is 12.4 Å². The minimum Gasteiger partial charge on any atom is -0.476 e. The minimum atomic E-state index is -1.20. The van der Waals surface area contributed by atoms with Gasteiger partial charge in [0.1, 0.15) is 5.69 Å². The molecular weight excluding hydrogens is 336 g/mol. The van der Waals surface area contributed by atoms with Crippen LogP contribution >= 0.6 is 0 Å². The molecule has 0 atom stereocenters. The Kier molecular flexibility index (Phi) is 4.92. The summed E-state index contributed by atoms with van der Waals surface area (Å²) in [5, 5.41) is 11.5. The van der Waals surface area contributed by atoms with E-state index in [1.165, 1.54) is 0 Å². The van der Waals surface area contributed by atoms with Gasteiger partial charge in [-0.15, -0.1) is 0 Å². The third-order valence-corrected chi connectivity index (χ3v) is 4.09. The number of anilines is 2. The Morgan fingerprint density at radius 3 is 2.58 bits per heavy atom. The van der Waals surface area contributed by atoms with E-state index < -0.39 is 11.9 Å². The Morgan fingerprint density at radius 2 is 1.92 bits per heavy atom. The highest BCUT2D eigenvalue weighted by molar-refractivity contribution is 6.03. The lowest BCUT2D eigenvalue weighted by atomic mass is 10.00. The Hall–Kier alpha value is -3.29. The number of aryl methyl sites for hydroxylation is 1. The summed E-state index contributed by atoms with van der Waals surface area (Å²) < 4.78 is 0. The maximum absolute atomic E-state index is 12.3. The maximum atomic E-state index is 12.3. The number of hydrogen-bond acceptors (Lipinski definition) is 5. The molecule has 0 saturated heterocycles. The van der Waals surface area contributed by atoms with Gasteiger partial charge in [-0.2, -0.15) is 0 Å². The van der Waals surface area contributed by atoms with Crippen molar-refractivity contribution >= 4 is 29.2 Å². The van der Waals surface area contributed by atoms with Gasteiger partial charge < -0.3 is 15.3 Å². The van der Waals surface area contributed by atoms with Gasteiger partial charge in [0, 0.05) is 24.3 Å². The molecular formula is C18H18N4O4. The molecule has 0 radical (unpaired) electrons. The normalized spacial score (nSPS) is 13.3. The van der Waals surface area contributed by atoms with Crippen LogP contribution in [0.25, 0.3) is 0 Å². The zero-order chi connectivity index (χ0) is 18.7. The van der Waals surface area contributed by atoms with Gasteiger partial charge in [-0.1, -0.05) is 6.92 Å². The monoisotopic (exact) mass is 354 g/mol. The Balaban J connectivity index is 1.77. The first kappa shape index (κ1) is 17.5. The van der Waals surface area contributed by atoms with Gasteiger partial charge in [0.15, 0.2) is 5.69 Å². The van der Waals surface area contributed by atoms with Crippen LogP contribution in [0.2, 0.25) is 0 Å². The molecule has 134 valence electrons. The van der Waals surface area contributed by atoms with E-state index in [9.17, 15) is 14.4 Å². The second kappa shape index (κ2) is 7.30. The smallest absolute Gasteiger partial charge is 0.356 e. The highest BCUT2D eigenvalue weighted by Crippen LogP contribution is 2.30. The molecule has 1 aliphatic heterocycles. The molecule has 2 aromatic rings. The van der Waals surface area contributed by atoms with E-state index in [0.717, 1.165) is 30.1 Å². The van der Waals surface area contributed by atoms with E-state index in [2.05, 4.69) is 15.3 Å². The molecule has 1 aromatic carbocycles. The maximum Gasteiger partial charge on any atom is 0.356 e. The van der Waals surface area contributed by atoms with E-state index in [4.69, 9.17) is 5.11 Å². The molecule has 8 nitrogen and oxygen atoms in total. The number of carbonyl (C=O) groups excluding carboxylic acids is 2. The van der Waals surface area contributed by atoms with Crippen molar-refractivity contribution in [1.29, 1.82) is 0 Å². The summed E-state index contributed by atoms with van der Waals surface area (Å²) in [7, 11) is 0. The molecule has 0 unspecified atom stereocenters. The molecule has 8 heteroatoms. The third kappa shape index (κ3) is 3.53. The molecule has 0 aliphatic carbocycles. The molecule has 1 aliphatic rings. The number of aromatic nitrogens is 2. The van der Waals surface area contributed by atoms with Crippen molar-refractivity contribution in [3.63, 3.8) is 0 Å². The van der Waals surface area contributed by atoms with Gasteiger partial charge in [0.25, 0.3) is 5.91 Å². The quantitative estimate of drug-likeness (QED) is 0.850. The number of aromatic carboxylic acids is 1. The van der Waals surface area contributed by atoms with E-state index in [1.807, 2.05) is 19.1 Å². The number of carboxylic acid groups (broad SMARTS) is 1. The number of benzene rings is 1. The van der Waals surface area contributed by atoms with Crippen molar-refractivity contribution in [2.75, 3.05) is 16.8 Å². The standard InChI is InChI=1S/C18H18N4O4/c1-2-7-22-15-5-4-12(8-11(15)3-6-16(22)23)21-17(24)13-9-20-14(10-19-13)18(25)26/h4-5,8-10H,2-3,6-7H2,1H3,(H,21,24)(H,25,26). The highest BCUT2D eigenvalue weighted by Gasteiger charge is 2.23. The summed E-state index contributed by atoms with van der Waals surface area (Å²) >= 11 is 0. The average molecular weight is 354 g/mol. The van der Waals surface area contributed by atoms with Crippen LogP contribution in [-0.2, 0) is 11.2 Å². The number of carboxylic acids is 1. The summed E-state index contributed by atoms with van der Waals surface area (Å²) in [6.07, 6.45) is 4.11. The van der Waals surface area contributed by atoms with Gasteiger partial charge in [0.2, 0.25) is 5.91 Å². The summed E-state index contributed by atoms with van der Waals surface area (Å²) in [6, 6.07) is 5.41. The lowest BCUT2D eigenvalue weighted by molar-refractivity contribution is -0.118. The predicted molar refractivity (Wildman–Crippen MR) is 94.4 cm³/mol. The van der Waals surface area contributed by atoms with E-state index >= 15 is 0 Å². The van der Waals surface area contributed by atoms with Crippen LogP contribution in [-0.4, -0.2) is 39.4 Å². The minimum absolute atomic E-state index is 0.0236. The van der Waals surface area contributed by atoms with Gasteiger partial charge >= 0.3 is 5.97 Å². The molecule has 0 fully saturated rings. The van der Waals surface area contributed by atoms with Crippen LogP contribution in [0.15, 0.2) is 30.6 Å². The third-order valence-electron chi connectivity index (χ3n) is 4.09. The van der Waals surface area contributed by atoms with Gasteiger partial charge in [-0.25, -0.2) is 14.8 Å². The number of nitrogens with one attached hydrogen (secondary N) is 1. The number of nitrogens with zero attached hydrogens (tertiary/aromatic N) is 3. The molecule has 0 spiro atoms. The molecule has 0 bridgehead atoms. The van der Waals surface area contributed by atoms with Gasteiger partial charge in [-0.3, -0.25) is 9.59 Å². The van der Waals surface area contributed by atoms with Gasteiger partial charge in [-0.05, 0) is 36.6 Å². The molecule has 0 saturated carbocycles. The van der Waals surface area contributed by atoms with Crippen molar-refractivity contribution in [1.82, 2.24) is 9.97 Å². The fraction of sp³-hybridized carbons (Fsp3) is 0.278. The Bertz CT molecular complexity index is 864. The average Bonchev–Trinajstić information content (AvgIpc) is 2.64. The van der Waals surface area contributed by atoms with E-state index in [-0.39, 0.29) is 17.3 Å². The van der Waals surface area contributed by atoms with Crippen molar-refractivity contribution in [2.45, 2.75) is 26.2 Å². The first-order chi connectivity index (χ1) is 12.5. The first-order valence-corrected chi connectivity index (χ1v) is 8.29. The van der Waals surface area contributed by atoms with Crippen molar-refractivity contribution in [2.24, 2.45) is 0 Å². The van der Waals surface area contributed by atoms with E-state index in [0.29, 0.717) is 25.1 Å². The number of amides is 2. The van der Waals surface area contributed by atoms with Crippen LogP contribution < -0.4 is 10.2 Å². The van der Waals surface area contributed by atoms with Crippen molar-refractivity contribution in [3.05, 3.63) is 47.5 Å². The lowest BCUT2D eigenvalue weighted by Gasteiger charge is -2.29. The second-order valence-corrected chi connectivity index (χ2v) is 5.94. The summed E-state index contributed by atoms with van der Waals surface area (Å²) in [5.74, 6) is -1.57. The topological polar surface area (TPSA) is 112 Å². The Morgan fingerprint density at radius 1 is 1.19 bits per heavy atom. The second-order valence-electron chi connectivity index (χ2n) is 5.94. The Labute approximate surface area is 149 Å². The zero-order valence-electron chi connectivity index (χ0n) is 14.2. The van der Waals surface area contributed by atoms with Crippen LogP contribution in [0.1, 0.15) is 46.3 Å². The number of fused-ring (bicyclic) bond motifs is 1. The highest BCUT2D eigenvalue weighted by atomic mass is 16.4. The largest absolute Gasteiger partial charge is 0.476 e. The van der Waals surface area contributed by atoms with E-state index in [1.54, 1.807) is 11.0 Å². The number of carbonyl (C=O) groups is 3. The molecule has 26 heavy (non-hydrogen) atoms. The van der Waals surface area contributed by atoms with Crippen LogP contribution in [0.4, 0.5) is 11.4 Å². The fourth-order valence-electron chi connectivity index (χ4n) is 2.86. The van der Waals surface area contributed by atoms with Crippen LogP contribution in [0.5, 0.6) is 0 Å². The summed E-state index contributed by atoms with van der Waals surface area (Å²) in [5.41, 5.74) is 2.27. The molecule has 1 aromatic heterocycles. The molecule has 3 rings (SSSR count). The van der Waals surface area contributed by atoms with Crippen molar-refractivity contribution in [3.8, 4) is 0 Å². The fourth-order valence-corrected chi connectivity index (χ4v) is 2.86.